The van der Waals surface area contributed by atoms with E-state index < -0.39 is 0 Å². The molecule has 0 saturated heterocycles. The Balaban J connectivity index is 1.44. The minimum absolute atomic E-state index is 0.258. The van der Waals surface area contributed by atoms with Crippen LogP contribution in [0.25, 0.3) is 0 Å². The van der Waals surface area contributed by atoms with Gasteiger partial charge in [0.05, 0.1) is 11.6 Å². The summed E-state index contributed by atoms with van der Waals surface area (Å²) in [6, 6.07) is 17.6. The largest absolute Gasteiger partial charge is 0.457 e. The van der Waals surface area contributed by atoms with Crippen molar-refractivity contribution in [1.82, 2.24) is 15.1 Å². The van der Waals surface area contributed by atoms with Crippen molar-refractivity contribution in [3.05, 3.63) is 72.6 Å². The Kier molecular flexibility index (Phi) is 6.04. The van der Waals surface area contributed by atoms with Crippen LogP contribution in [-0.4, -0.2) is 22.4 Å². The average Bonchev–Trinajstić information content (AvgIpc) is 3.20. The van der Waals surface area contributed by atoms with Crippen LogP contribution in [0.4, 0.5) is 10.5 Å². The molecule has 0 radical (unpaired) electrons. The lowest BCUT2D eigenvalue weighted by Gasteiger charge is -2.09. The van der Waals surface area contributed by atoms with E-state index in [-0.39, 0.29) is 6.03 Å². The summed E-state index contributed by atoms with van der Waals surface area (Å²) >= 11 is 0. The van der Waals surface area contributed by atoms with Crippen molar-refractivity contribution < 1.29 is 9.53 Å². The molecule has 2 aromatic carbocycles. The molecule has 136 valence electrons. The summed E-state index contributed by atoms with van der Waals surface area (Å²) in [6.45, 7) is 1.31. The molecule has 3 rings (SSSR count). The average molecular weight is 361 g/mol. The van der Waals surface area contributed by atoms with E-state index in [1.54, 1.807) is 54.7 Å². The van der Waals surface area contributed by atoms with E-state index in [4.69, 9.17) is 10.00 Å². The lowest BCUT2D eigenvalue weighted by Crippen LogP contribution is -2.30. The van der Waals surface area contributed by atoms with Gasteiger partial charge < -0.3 is 15.4 Å². The van der Waals surface area contributed by atoms with Crippen molar-refractivity contribution in [2.45, 2.75) is 13.0 Å². The van der Waals surface area contributed by atoms with Crippen molar-refractivity contribution in [2.24, 2.45) is 0 Å². The van der Waals surface area contributed by atoms with E-state index in [9.17, 15) is 4.79 Å². The number of nitriles is 1. The molecule has 2 N–H and O–H groups in total. The normalized spacial score (nSPS) is 10.0. The van der Waals surface area contributed by atoms with Gasteiger partial charge in [0.1, 0.15) is 11.5 Å². The van der Waals surface area contributed by atoms with Gasteiger partial charge in [-0.2, -0.15) is 10.4 Å². The van der Waals surface area contributed by atoms with Crippen molar-refractivity contribution in [1.29, 1.82) is 5.26 Å². The first-order valence-electron chi connectivity index (χ1n) is 8.53. The number of anilines is 1. The van der Waals surface area contributed by atoms with Crippen LogP contribution in [0, 0.1) is 11.3 Å². The third-order valence-electron chi connectivity index (χ3n) is 3.72. The van der Waals surface area contributed by atoms with Crippen LogP contribution in [-0.2, 0) is 6.54 Å². The lowest BCUT2D eigenvalue weighted by atomic mass is 10.2. The van der Waals surface area contributed by atoms with Crippen molar-refractivity contribution >= 4 is 11.7 Å². The van der Waals surface area contributed by atoms with Gasteiger partial charge in [-0.3, -0.25) is 4.68 Å². The van der Waals surface area contributed by atoms with Crippen molar-refractivity contribution in [3.63, 3.8) is 0 Å². The van der Waals surface area contributed by atoms with Gasteiger partial charge in [0, 0.05) is 31.2 Å². The zero-order valence-electron chi connectivity index (χ0n) is 14.6. The van der Waals surface area contributed by atoms with Gasteiger partial charge in [-0.25, -0.2) is 4.79 Å². The third-order valence-corrected chi connectivity index (χ3v) is 3.72. The van der Waals surface area contributed by atoms with E-state index in [0.29, 0.717) is 29.3 Å². The number of carbonyl (C=O) groups excluding carboxylic acids is 1. The van der Waals surface area contributed by atoms with Crippen LogP contribution in [0.2, 0.25) is 0 Å². The number of hydrogen-bond acceptors (Lipinski definition) is 4. The number of amides is 2. The van der Waals surface area contributed by atoms with E-state index in [1.807, 2.05) is 16.9 Å². The molecule has 27 heavy (non-hydrogen) atoms. The highest BCUT2D eigenvalue weighted by Crippen LogP contribution is 2.23. The van der Waals surface area contributed by atoms with Gasteiger partial charge >= 0.3 is 6.03 Å². The second-order valence-electron chi connectivity index (χ2n) is 5.77. The van der Waals surface area contributed by atoms with Crippen LogP contribution in [0.5, 0.6) is 11.5 Å². The van der Waals surface area contributed by atoms with Gasteiger partial charge in [0.15, 0.2) is 0 Å². The lowest BCUT2D eigenvalue weighted by molar-refractivity contribution is 0.251. The maximum Gasteiger partial charge on any atom is 0.319 e. The summed E-state index contributed by atoms with van der Waals surface area (Å²) in [7, 11) is 0. The molecular formula is C20H19N5O2. The first kappa shape index (κ1) is 18.0. The molecular weight excluding hydrogens is 342 g/mol. The van der Waals surface area contributed by atoms with E-state index in [0.717, 1.165) is 13.0 Å². The summed E-state index contributed by atoms with van der Waals surface area (Å²) in [5.74, 6) is 1.21. The Labute approximate surface area is 157 Å². The topological polar surface area (TPSA) is 92.0 Å². The summed E-state index contributed by atoms with van der Waals surface area (Å²) in [5, 5.41) is 18.6. The Hall–Kier alpha value is -3.79. The molecule has 0 saturated carbocycles. The van der Waals surface area contributed by atoms with Gasteiger partial charge in [-0.1, -0.05) is 6.07 Å². The van der Waals surface area contributed by atoms with Gasteiger partial charge in [0.2, 0.25) is 0 Å². The quantitative estimate of drug-likeness (QED) is 0.627. The smallest absolute Gasteiger partial charge is 0.319 e. The fourth-order valence-corrected chi connectivity index (χ4v) is 2.42. The fraction of sp³-hybridized carbons (Fsp3) is 0.150. The minimum Gasteiger partial charge on any atom is -0.457 e. The zero-order chi connectivity index (χ0) is 18.9. The number of urea groups is 1. The fourth-order valence-electron chi connectivity index (χ4n) is 2.42. The predicted octanol–water partition coefficient (Wildman–Crippen LogP) is 3.76. The molecule has 7 nitrogen and oxygen atoms in total. The molecule has 0 bridgehead atoms. The molecule has 0 aliphatic rings. The van der Waals surface area contributed by atoms with Crippen LogP contribution < -0.4 is 15.4 Å². The monoisotopic (exact) mass is 361 g/mol. The molecule has 7 heteroatoms. The highest BCUT2D eigenvalue weighted by Gasteiger charge is 2.03. The first-order chi connectivity index (χ1) is 13.2. The highest BCUT2D eigenvalue weighted by atomic mass is 16.5. The first-order valence-corrected chi connectivity index (χ1v) is 8.53. The third kappa shape index (κ3) is 5.61. The molecule has 0 spiro atoms. The molecule has 0 fully saturated rings. The molecule has 0 aliphatic carbocycles. The Morgan fingerprint density at radius 1 is 1.15 bits per heavy atom. The molecule has 1 heterocycles. The summed E-state index contributed by atoms with van der Waals surface area (Å²) in [4.78, 5) is 11.9. The number of carbonyl (C=O) groups is 1. The number of aryl methyl sites for hydroxylation is 1. The van der Waals surface area contributed by atoms with Crippen LogP contribution in [0.1, 0.15) is 12.0 Å². The number of rotatable bonds is 7. The van der Waals surface area contributed by atoms with Crippen molar-refractivity contribution in [2.75, 3.05) is 11.9 Å². The van der Waals surface area contributed by atoms with Crippen LogP contribution >= 0.6 is 0 Å². The SMILES string of the molecule is N#Cc1cccc(Oc2ccc(NC(=O)NCCCn3cccn3)cc2)c1. The maximum atomic E-state index is 11.9. The summed E-state index contributed by atoms with van der Waals surface area (Å²) in [5.41, 5.74) is 1.20. The highest BCUT2D eigenvalue weighted by molar-refractivity contribution is 5.89. The summed E-state index contributed by atoms with van der Waals surface area (Å²) < 4.78 is 7.53. The van der Waals surface area contributed by atoms with E-state index in [2.05, 4.69) is 21.8 Å². The molecule has 1 aromatic heterocycles. The van der Waals surface area contributed by atoms with Gasteiger partial charge in [-0.05, 0) is 55.0 Å². The number of nitrogens with one attached hydrogen (secondary N) is 2. The second-order valence-corrected chi connectivity index (χ2v) is 5.77. The van der Waals surface area contributed by atoms with Crippen LogP contribution in [0.15, 0.2) is 67.0 Å². The standard InChI is InChI=1S/C20H19N5O2/c21-15-16-4-1-5-19(14-16)27-18-8-6-17(7-9-18)24-20(26)22-10-2-12-25-13-3-11-23-25/h1,3-9,11,13-14H,2,10,12H2,(H2,22,24,26). The van der Waals surface area contributed by atoms with E-state index >= 15 is 0 Å². The summed E-state index contributed by atoms with van der Waals surface area (Å²) in [6.07, 6.45) is 4.41. The van der Waals surface area contributed by atoms with E-state index in [1.165, 1.54) is 0 Å². The second kappa shape index (κ2) is 9.06. The molecule has 3 aromatic rings. The van der Waals surface area contributed by atoms with Gasteiger partial charge in [0.25, 0.3) is 0 Å². The number of ether oxygens (including phenoxy) is 1. The van der Waals surface area contributed by atoms with Crippen LogP contribution in [0.3, 0.4) is 0 Å². The Bertz CT molecular complexity index is 914. The van der Waals surface area contributed by atoms with Crippen molar-refractivity contribution in [3.8, 4) is 17.6 Å². The number of aromatic nitrogens is 2. The number of benzene rings is 2. The number of hydrogen-bond donors (Lipinski definition) is 2. The predicted molar refractivity (Wildman–Crippen MR) is 102 cm³/mol. The minimum atomic E-state index is -0.258. The number of nitrogens with zero attached hydrogens (tertiary/aromatic N) is 3. The molecule has 2 amide bonds. The Morgan fingerprint density at radius 2 is 2.00 bits per heavy atom. The Morgan fingerprint density at radius 3 is 2.74 bits per heavy atom. The maximum absolute atomic E-state index is 11.9. The molecule has 0 atom stereocenters. The van der Waals surface area contributed by atoms with Gasteiger partial charge in [-0.15, -0.1) is 0 Å². The molecule has 0 unspecified atom stereocenters. The zero-order valence-corrected chi connectivity index (χ0v) is 14.6. The molecule has 0 aliphatic heterocycles.